The van der Waals surface area contributed by atoms with Crippen molar-refractivity contribution in [2.75, 3.05) is 17.3 Å². The van der Waals surface area contributed by atoms with Crippen LogP contribution in [-0.2, 0) is 0 Å². The Labute approximate surface area is 102 Å². The monoisotopic (exact) mass is 239 g/mol. The van der Waals surface area contributed by atoms with Crippen LogP contribution in [-0.4, -0.2) is 27.7 Å². The van der Waals surface area contributed by atoms with Crippen LogP contribution in [0.2, 0.25) is 0 Å². The molecule has 0 spiro atoms. The number of hydrogen-bond donors (Lipinski definition) is 4. The fraction of sp³-hybridized carbons (Fsp3) is 0.636. The van der Waals surface area contributed by atoms with Gasteiger partial charge in [0.2, 0.25) is 0 Å². The number of aliphatic hydroxyl groups excluding tert-OH is 1. The highest BCUT2D eigenvalue weighted by Gasteiger charge is 2.08. The summed E-state index contributed by atoms with van der Waals surface area (Å²) >= 11 is 0. The zero-order chi connectivity index (χ0) is 12.8. The first kappa shape index (κ1) is 13.7. The summed E-state index contributed by atoms with van der Waals surface area (Å²) in [6.45, 7) is 6.42. The molecular formula is C11H21N5O. The zero-order valence-corrected chi connectivity index (χ0v) is 10.6. The number of hydrazine groups is 1. The van der Waals surface area contributed by atoms with Crippen molar-refractivity contribution in [2.24, 2.45) is 5.84 Å². The maximum absolute atomic E-state index is 9.48. The highest BCUT2D eigenvalue weighted by molar-refractivity contribution is 5.47. The maximum atomic E-state index is 9.48. The molecule has 1 unspecified atom stereocenters. The van der Waals surface area contributed by atoms with E-state index in [1.807, 2.05) is 20.8 Å². The van der Waals surface area contributed by atoms with Crippen molar-refractivity contribution in [3.63, 3.8) is 0 Å². The van der Waals surface area contributed by atoms with Crippen LogP contribution in [0.4, 0.5) is 11.6 Å². The Bertz CT molecular complexity index is 356. The number of hydrogen-bond acceptors (Lipinski definition) is 6. The zero-order valence-electron chi connectivity index (χ0n) is 10.6. The largest absolute Gasteiger partial charge is 0.391 e. The highest BCUT2D eigenvalue weighted by atomic mass is 16.3. The Hall–Kier alpha value is -1.40. The average Bonchev–Trinajstić information content (AvgIpc) is 2.35. The second kappa shape index (κ2) is 6.36. The first-order valence-corrected chi connectivity index (χ1v) is 5.84. The van der Waals surface area contributed by atoms with Crippen molar-refractivity contribution in [1.82, 2.24) is 9.97 Å². The van der Waals surface area contributed by atoms with E-state index in [0.29, 0.717) is 30.4 Å². The van der Waals surface area contributed by atoms with Gasteiger partial charge in [-0.1, -0.05) is 20.8 Å². The Morgan fingerprint density at radius 3 is 2.53 bits per heavy atom. The third-order valence-corrected chi connectivity index (χ3v) is 2.40. The molecule has 0 bridgehead atoms. The number of anilines is 2. The minimum absolute atomic E-state index is 0.222. The molecule has 0 fully saturated rings. The molecule has 1 aromatic rings. The molecule has 96 valence electrons. The molecule has 0 aliphatic rings. The summed E-state index contributed by atoms with van der Waals surface area (Å²) in [5.74, 6) is 7.53. The Balaban J connectivity index is 2.80. The van der Waals surface area contributed by atoms with Gasteiger partial charge in [-0.25, -0.2) is 15.8 Å². The predicted octanol–water partition coefficient (Wildman–Crippen LogP) is 1.07. The summed E-state index contributed by atoms with van der Waals surface area (Å²) < 4.78 is 0. The standard InChI is InChI=1S/C11H21N5O/c1-4-8(17)6-13-9-5-10(16-12)15-11(14-9)7(2)3/h5,7-8,17H,4,6,12H2,1-3H3,(H2,13,14,15,16). The van der Waals surface area contributed by atoms with Crippen LogP contribution in [0.3, 0.4) is 0 Å². The molecule has 6 heteroatoms. The minimum atomic E-state index is -0.373. The number of nitrogens with two attached hydrogens (primary N) is 1. The van der Waals surface area contributed by atoms with Gasteiger partial charge in [-0.15, -0.1) is 0 Å². The van der Waals surface area contributed by atoms with Crippen LogP contribution in [0.15, 0.2) is 6.07 Å². The number of nitrogens with one attached hydrogen (secondary N) is 2. The fourth-order valence-corrected chi connectivity index (χ4v) is 1.26. The quantitative estimate of drug-likeness (QED) is 0.438. The van der Waals surface area contributed by atoms with E-state index in [2.05, 4.69) is 20.7 Å². The normalized spacial score (nSPS) is 12.6. The topological polar surface area (TPSA) is 96.1 Å². The molecule has 5 N–H and O–H groups in total. The van der Waals surface area contributed by atoms with Crippen LogP contribution >= 0.6 is 0 Å². The maximum Gasteiger partial charge on any atom is 0.145 e. The second-order valence-corrected chi connectivity index (χ2v) is 4.24. The molecule has 0 saturated heterocycles. The third-order valence-electron chi connectivity index (χ3n) is 2.40. The van der Waals surface area contributed by atoms with Crippen molar-refractivity contribution >= 4 is 11.6 Å². The summed E-state index contributed by atoms with van der Waals surface area (Å²) in [4.78, 5) is 8.61. The van der Waals surface area contributed by atoms with Crippen LogP contribution in [0.1, 0.15) is 38.9 Å². The van der Waals surface area contributed by atoms with Gasteiger partial charge in [0.25, 0.3) is 0 Å². The molecule has 17 heavy (non-hydrogen) atoms. The number of aliphatic hydroxyl groups is 1. The number of nitrogen functional groups attached to an aromatic ring is 1. The summed E-state index contributed by atoms with van der Waals surface area (Å²) in [5.41, 5.74) is 2.51. The van der Waals surface area contributed by atoms with Gasteiger partial charge in [-0.3, -0.25) is 0 Å². The van der Waals surface area contributed by atoms with Gasteiger partial charge in [0, 0.05) is 18.5 Å². The van der Waals surface area contributed by atoms with E-state index >= 15 is 0 Å². The summed E-state index contributed by atoms with van der Waals surface area (Å²) in [6, 6.07) is 1.72. The number of nitrogens with zero attached hydrogens (tertiary/aromatic N) is 2. The van der Waals surface area contributed by atoms with Gasteiger partial charge in [-0.2, -0.15) is 0 Å². The molecule has 0 amide bonds. The van der Waals surface area contributed by atoms with Crippen LogP contribution in [0, 0.1) is 0 Å². The molecule has 1 atom stereocenters. The summed E-state index contributed by atoms with van der Waals surface area (Å²) in [6.07, 6.45) is 0.332. The van der Waals surface area contributed by atoms with E-state index in [0.717, 1.165) is 0 Å². The van der Waals surface area contributed by atoms with Gasteiger partial charge in [0.1, 0.15) is 17.5 Å². The lowest BCUT2D eigenvalue weighted by atomic mass is 10.2. The summed E-state index contributed by atoms with van der Waals surface area (Å²) in [5, 5.41) is 12.5. The summed E-state index contributed by atoms with van der Waals surface area (Å²) in [7, 11) is 0. The van der Waals surface area contributed by atoms with Crippen molar-refractivity contribution < 1.29 is 5.11 Å². The molecule has 0 aliphatic heterocycles. The van der Waals surface area contributed by atoms with Gasteiger partial charge in [-0.05, 0) is 6.42 Å². The average molecular weight is 239 g/mol. The first-order chi connectivity index (χ1) is 8.06. The van der Waals surface area contributed by atoms with Crippen molar-refractivity contribution in [3.05, 3.63) is 11.9 Å². The Morgan fingerprint density at radius 2 is 2.00 bits per heavy atom. The second-order valence-electron chi connectivity index (χ2n) is 4.24. The highest BCUT2D eigenvalue weighted by Crippen LogP contribution is 2.16. The van der Waals surface area contributed by atoms with Crippen molar-refractivity contribution in [1.29, 1.82) is 0 Å². The first-order valence-electron chi connectivity index (χ1n) is 5.84. The molecule has 6 nitrogen and oxygen atoms in total. The van der Waals surface area contributed by atoms with E-state index in [4.69, 9.17) is 5.84 Å². The SMILES string of the molecule is CCC(O)CNc1cc(NN)nc(C(C)C)n1. The van der Waals surface area contributed by atoms with Crippen LogP contribution in [0.5, 0.6) is 0 Å². The fourth-order valence-electron chi connectivity index (χ4n) is 1.26. The van der Waals surface area contributed by atoms with Gasteiger partial charge >= 0.3 is 0 Å². The Morgan fingerprint density at radius 1 is 1.35 bits per heavy atom. The number of rotatable bonds is 6. The lowest BCUT2D eigenvalue weighted by molar-refractivity contribution is 0.183. The van der Waals surface area contributed by atoms with E-state index in [1.165, 1.54) is 0 Å². The Kier molecular flexibility index (Phi) is 5.11. The number of aromatic nitrogens is 2. The van der Waals surface area contributed by atoms with E-state index in [-0.39, 0.29) is 12.0 Å². The lowest BCUT2D eigenvalue weighted by Gasteiger charge is -2.13. The molecule has 1 rings (SSSR count). The molecule has 0 aliphatic carbocycles. The van der Waals surface area contributed by atoms with Gasteiger partial charge in [0.15, 0.2) is 0 Å². The van der Waals surface area contributed by atoms with Crippen molar-refractivity contribution in [3.8, 4) is 0 Å². The van der Waals surface area contributed by atoms with Crippen LogP contribution in [0.25, 0.3) is 0 Å². The predicted molar refractivity (Wildman–Crippen MR) is 68.7 cm³/mol. The van der Waals surface area contributed by atoms with E-state index in [9.17, 15) is 5.11 Å². The third kappa shape index (κ3) is 4.16. The molecule has 0 aromatic carbocycles. The minimum Gasteiger partial charge on any atom is -0.391 e. The smallest absolute Gasteiger partial charge is 0.145 e. The van der Waals surface area contributed by atoms with Gasteiger partial charge < -0.3 is 15.8 Å². The molecule has 0 saturated carbocycles. The molecule has 1 heterocycles. The lowest BCUT2D eigenvalue weighted by Crippen LogP contribution is -2.20. The van der Waals surface area contributed by atoms with Gasteiger partial charge in [0.05, 0.1) is 6.10 Å². The molecule has 1 aromatic heterocycles. The van der Waals surface area contributed by atoms with Crippen LogP contribution < -0.4 is 16.6 Å². The molecule has 0 radical (unpaired) electrons. The van der Waals surface area contributed by atoms with E-state index < -0.39 is 0 Å². The van der Waals surface area contributed by atoms with E-state index in [1.54, 1.807) is 6.07 Å². The van der Waals surface area contributed by atoms with Crippen molar-refractivity contribution in [2.45, 2.75) is 39.2 Å². The molecular weight excluding hydrogens is 218 g/mol.